The maximum Gasteiger partial charge on any atom is 0.251 e. The van der Waals surface area contributed by atoms with Gasteiger partial charge in [0.1, 0.15) is 0 Å². The largest absolute Gasteiger partial charge is 0.381 e. The van der Waals surface area contributed by atoms with Gasteiger partial charge in [-0.15, -0.1) is 0 Å². The van der Waals surface area contributed by atoms with Crippen molar-refractivity contribution < 1.29 is 4.79 Å². The van der Waals surface area contributed by atoms with Crippen molar-refractivity contribution in [3.05, 3.63) is 64.2 Å². The number of carbonyl (C=O) groups excluding carboxylic acids is 1. The molecule has 2 aromatic carbocycles. The van der Waals surface area contributed by atoms with E-state index in [0.717, 1.165) is 12.2 Å². The molecule has 0 atom stereocenters. The van der Waals surface area contributed by atoms with Crippen LogP contribution < -0.4 is 10.6 Å². The molecule has 0 aliphatic heterocycles. The molecule has 0 aliphatic rings. The van der Waals surface area contributed by atoms with Crippen LogP contribution >= 0.6 is 0 Å². The van der Waals surface area contributed by atoms with Gasteiger partial charge in [-0.2, -0.15) is 0 Å². The van der Waals surface area contributed by atoms with Gasteiger partial charge in [-0.25, -0.2) is 0 Å². The predicted octanol–water partition coefficient (Wildman–Crippen LogP) is 3.58. The molecule has 3 nitrogen and oxygen atoms in total. The van der Waals surface area contributed by atoms with Crippen LogP contribution in [0.5, 0.6) is 0 Å². The standard InChI is InChI=1S/C18H22N2O/c1-12-9-13(2)17(14(3)10-12)11-20-16-7-5-15(6-8-16)18(21)19-4/h5-10,20H,11H2,1-4H3,(H,19,21). The van der Waals surface area contributed by atoms with Gasteiger partial charge in [0.05, 0.1) is 0 Å². The van der Waals surface area contributed by atoms with E-state index >= 15 is 0 Å². The van der Waals surface area contributed by atoms with Crippen LogP contribution in [0.1, 0.15) is 32.6 Å². The van der Waals surface area contributed by atoms with E-state index in [1.165, 1.54) is 22.3 Å². The second-order valence-electron chi connectivity index (χ2n) is 5.39. The molecule has 2 N–H and O–H groups in total. The normalized spacial score (nSPS) is 10.3. The van der Waals surface area contributed by atoms with Gasteiger partial charge in [0.25, 0.3) is 5.91 Å². The van der Waals surface area contributed by atoms with E-state index in [1.807, 2.05) is 24.3 Å². The number of aryl methyl sites for hydroxylation is 3. The zero-order valence-electron chi connectivity index (χ0n) is 13.1. The maximum absolute atomic E-state index is 11.5. The van der Waals surface area contributed by atoms with Crippen LogP contribution in [0.15, 0.2) is 36.4 Å². The Morgan fingerprint density at radius 1 is 1.00 bits per heavy atom. The van der Waals surface area contributed by atoms with Crippen molar-refractivity contribution in [3.8, 4) is 0 Å². The van der Waals surface area contributed by atoms with Crippen molar-refractivity contribution in [1.29, 1.82) is 0 Å². The molecule has 0 bridgehead atoms. The minimum absolute atomic E-state index is 0.0632. The second-order valence-corrected chi connectivity index (χ2v) is 5.39. The van der Waals surface area contributed by atoms with Gasteiger partial charge in [0, 0.05) is 24.8 Å². The molecule has 0 saturated carbocycles. The number of hydrogen-bond donors (Lipinski definition) is 2. The van der Waals surface area contributed by atoms with Gasteiger partial charge in [0.15, 0.2) is 0 Å². The van der Waals surface area contributed by atoms with E-state index in [9.17, 15) is 4.79 Å². The highest BCUT2D eigenvalue weighted by Gasteiger charge is 2.05. The summed E-state index contributed by atoms with van der Waals surface area (Å²) >= 11 is 0. The van der Waals surface area contributed by atoms with Crippen LogP contribution in [-0.4, -0.2) is 13.0 Å². The molecule has 110 valence electrons. The van der Waals surface area contributed by atoms with Crippen molar-refractivity contribution in [3.63, 3.8) is 0 Å². The Morgan fingerprint density at radius 2 is 1.57 bits per heavy atom. The minimum Gasteiger partial charge on any atom is -0.381 e. The van der Waals surface area contributed by atoms with Crippen molar-refractivity contribution in [1.82, 2.24) is 5.32 Å². The Bertz CT molecular complexity index is 622. The SMILES string of the molecule is CNC(=O)c1ccc(NCc2c(C)cc(C)cc2C)cc1. The van der Waals surface area contributed by atoms with Gasteiger partial charge in [-0.3, -0.25) is 4.79 Å². The van der Waals surface area contributed by atoms with Crippen LogP contribution in [0.4, 0.5) is 5.69 Å². The number of rotatable bonds is 4. The van der Waals surface area contributed by atoms with Crippen LogP contribution in [-0.2, 0) is 6.54 Å². The van der Waals surface area contributed by atoms with Crippen LogP contribution in [0.3, 0.4) is 0 Å². The van der Waals surface area contributed by atoms with E-state index in [1.54, 1.807) is 7.05 Å². The van der Waals surface area contributed by atoms with E-state index < -0.39 is 0 Å². The molecule has 2 aromatic rings. The van der Waals surface area contributed by atoms with Gasteiger partial charge < -0.3 is 10.6 Å². The Labute approximate surface area is 126 Å². The smallest absolute Gasteiger partial charge is 0.251 e. The summed E-state index contributed by atoms with van der Waals surface area (Å²) in [5, 5.41) is 6.03. The first-order valence-electron chi connectivity index (χ1n) is 7.14. The third-order valence-corrected chi connectivity index (χ3v) is 3.68. The molecule has 0 fully saturated rings. The third kappa shape index (κ3) is 3.63. The zero-order valence-corrected chi connectivity index (χ0v) is 13.1. The molecule has 2 rings (SSSR count). The molecular formula is C18H22N2O. The lowest BCUT2D eigenvalue weighted by atomic mass is 10.00. The Kier molecular flexibility index (Phi) is 4.63. The molecule has 1 amide bonds. The highest BCUT2D eigenvalue weighted by atomic mass is 16.1. The average molecular weight is 282 g/mol. The third-order valence-electron chi connectivity index (χ3n) is 3.68. The van der Waals surface area contributed by atoms with Gasteiger partial charge in [0.2, 0.25) is 0 Å². The first-order valence-corrected chi connectivity index (χ1v) is 7.14. The number of nitrogens with one attached hydrogen (secondary N) is 2. The van der Waals surface area contributed by atoms with Crippen LogP contribution in [0, 0.1) is 20.8 Å². The number of amides is 1. The lowest BCUT2D eigenvalue weighted by Crippen LogP contribution is -2.17. The van der Waals surface area contributed by atoms with Gasteiger partial charge in [-0.1, -0.05) is 17.7 Å². The molecule has 0 aliphatic carbocycles. The fourth-order valence-electron chi connectivity index (χ4n) is 2.56. The summed E-state index contributed by atoms with van der Waals surface area (Å²) in [6.45, 7) is 7.20. The van der Waals surface area contributed by atoms with Gasteiger partial charge >= 0.3 is 0 Å². The first kappa shape index (κ1) is 15.1. The van der Waals surface area contributed by atoms with Crippen molar-refractivity contribution in [2.24, 2.45) is 0 Å². The monoisotopic (exact) mass is 282 g/mol. The Morgan fingerprint density at radius 3 is 2.10 bits per heavy atom. The topological polar surface area (TPSA) is 41.1 Å². The average Bonchev–Trinajstić information content (AvgIpc) is 2.46. The molecule has 0 radical (unpaired) electrons. The molecular weight excluding hydrogens is 260 g/mol. The number of carbonyl (C=O) groups is 1. The molecule has 0 spiro atoms. The quantitative estimate of drug-likeness (QED) is 0.900. The van der Waals surface area contributed by atoms with E-state index in [4.69, 9.17) is 0 Å². The van der Waals surface area contributed by atoms with E-state index in [-0.39, 0.29) is 5.91 Å². The fourth-order valence-corrected chi connectivity index (χ4v) is 2.56. The minimum atomic E-state index is -0.0632. The molecule has 0 aromatic heterocycles. The van der Waals surface area contributed by atoms with Crippen molar-refractivity contribution >= 4 is 11.6 Å². The van der Waals surface area contributed by atoms with E-state index in [0.29, 0.717) is 5.56 Å². The second kappa shape index (κ2) is 6.44. The van der Waals surface area contributed by atoms with Crippen LogP contribution in [0.25, 0.3) is 0 Å². The van der Waals surface area contributed by atoms with Crippen LogP contribution in [0.2, 0.25) is 0 Å². The molecule has 0 unspecified atom stereocenters. The summed E-state index contributed by atoms with van der Waals surface area (Å²) in [6.07, 6.45) is 0. The maximum atomic E-state index is 11.5. The lowest BCUT2D eigenvalue weighted by Gasteiger charge is -2.13. The summed E-state index contributed by atoms with van der Waals surface area (Å²) in [7, 11) is 1.64. The Balaban J connectivity index is 2.08. The number of anilines is 1. The molecule has 0 heterocycles. The number of hydrogen-bond acceptors (Lipinski definition) is 2. The zero-order chi connectivity index (χ0) is 15.4. The lowest BCUT2D eigenvalue weighted by molar-refractivity contribution is 0.0963. The van der Waals surface area contributed by atoms with Gasteiger partial charge in [-0.05, 0) is 61.7 Å². The molecule has 3 heteroatoms. The summed E-state index contributed by atoms with van der Waals surface area (Å²) < 4.78 is 0. The summed E-state index contributed by atoms with van der Waals surface area (Å²) in [4.78, 5) is 11.5. The van der Waals surface area contributed by atoms with Crippen molar-refractivity contribution in [2.75, 3.05) is 12.4 Å². The fraction of sp³-hybridized carbons (Fsp3) is 0.278. The highest BCUT2D eigenvalue weighted by molar-refractivity contribution is 5.94. The molecule has 21 heavy (non-hydrogen) atoms. The van der Waals surface area contributed by atoms with Crippen molar-refractivity contribution in [2.45, 2.75) is 27.3 Å². The summed E-state index contributed by atoms with van der Waals surface area (Å²) in [5.41, 5.74) is 6.93. The summed E-state index contributed by atoms with van der Waals surface area (Å²) in [6, 6.07) is 11.9. The number of benzene rings is 2. The highest BCUT2D eigenvalue weighted by Crippen LogP contribution is 2.18. The van der Waals surface area contributed by atoms with E-state index in [2.05, 4.69) is 43.5 Å². The predicted molar refractivity (Wildman–Crippen MR) is 87.8 cm³/mol. The first-order chi connectivity index (χ1) is 10.0. The summed E-state index contributed by atoms with van der Waals surface area (Å²) in [5.74, 6) is -0.0632. The molecule has 0 saturated heterocycles. The Hall–Kier alpha value is -2.29.